The van der Waals surface area contributed by atoms with Crippen LogP contribution >= 0.6 is 0 Å². The van der Waals surface area contributed by atoms with Gasteiger partial charge in [0, 0.05) is 12.0 Å². The third-order valence-electron chi connectivity index (χ3n) is 4.66. The van der Waals surface area contributed by atoms with Crippen molar-refractivity contribution in [1.82, 2.24) is 4.98 Å². The topological polar surface area (TPSA) is 72.6 Å². The molecule has 142 valence electrons. The van der Waals surface area contributed by atoms with Crippen LogP contribution in [0.3, 0.4) is 0 Å². The largest absolute Gasteiger partial charge is 0.494 e. The number of carbonyl (C=O) groups is 1. The summed E-state index contributed by atoms with van der Waals surface area (Å²) in [6, 6.07) is 18.0. The lowest BCUT2D eigenvalue weighted by Gasteiger charge is -2.07. The second-order valence-electron chi connectivity index (χ2n) is 6.91. The molecule has 3 aromatic carbocycles. The molecule has 4 rings (SSSR count). The lowest BCUT2D eigenvalue weighted by molar-refractivity contribution is -0.137. The molecule has 0 saturated heterocycles. The highest BCUT2D eigenvalue weighted by molar-refractivity contribution is 5.88. The van der Waals surface area contributed by atoms with E-state index in [2.05, 4.69) is 11.1 Å². The minimum atomic E-state index is -0.768. The minimum Gasteiger partial charge on any atom is -0.494 e. The van der Waals surface area contributed by atoms with Gasteiger partial charge in [0.15, 0.2) is 5.58 Å². The van der Waals surface area contributed by atoms with Gasteiger partial charge >= 0.3 is 5.97 Å². The average Bonchev–Trinajstić information content (AvgIpc) is 3.10. The molecule has 0 amide bonds. The first-order valence-corrected chi connectivity index (χ1v) is 9.34. The molecule has 0 fully saturated rings. The molecule has 0 aliphatic carbocycles. The maximum absolute atomic E-state index is 10.5. The summed E-state index contributed by atoms with van der Waals surface area (Å²) in [5.74, 6) is 0.629. The Morgan fingerprint density at radius 3 is 2.71 bits per heavy atom. The van der Waals surface area contributed by atoms with E-state index in [9.17, 15) is 4.79 Å². The van der Waals surface area contributed by atoms with Gasteiger partial charge in [-0.1, -0.05) is 18.2 Å². The fraction of sp³-hybridized carbons (Fsp3) is 0.217. The Balaban J connectivity index is 1.50. The van der Waals surface area contributed by atoms with Gasteiger partial charge < -0.3 is 14.3 Å². The van der Waals surface area contributed by atoms with E-state index in [0.717, 1.165) is 45.2 Å². The highest BCUT2D eigenvalue weighted by Crippen LogP contribution is 2.29. The molecular formula is C23H21NO4. The molecular weight excluding hydrogens is 354 g/mol. The lowest BCUT2D eigenvalue weighted by Crippen LogP contribution is -2.00. The Morgan fingerprint density at radius 2 is 1.86 bits per heavy atom. The van der Waals surface area contributed by atoms with E-state index in [0.29, 0.717) is 18.9 Å². The molecule has 5 heteroatoms. The van der Waals surface area contributed by atoms with E-state index in [1.807, 2.05) is 55.5 Å². The molecule has 0 aliphatic rings. The fourth-order valence-electron chi connectivity index (χ4n) is 3.17. The molecule has 28 heavy (non-hydrogen) atoms. The van der Waals surface area contributed by atoms with Crippen molar-refractivity contribution in [2.24, 2.45) is 0 Å². The number of oxazole rings is 1. The molecule has 4 aromatic rings. The maximum Gasteiger partial charge on any atom is 0.303 e. The number of fused-ring (bicyclic) bond motifs is 2. The standard InChI is InChI=1S/C23H21NO4/c1-15-5-10-20-21(12-15)28-23(24-20)18-7-6-17-14-19(9-8-16(17)13-18)27-11-3-2-4-22(25)26/h5-10,12-14H,2-4,11H2,1H3,(H,25,26). The monoisotopic (exact) mass is 375 g/mol. The van der Waals surface area contributed by atoms with Crippen LogP contribution in [-0.4, -0.2) is 22.7 Å². The molecule has 5 nitrogen and oxygen atoms in total. The number of aryl methyl sites for hydroxylation is 1. The molecule has 0 aliphatic heterocycles. The Labute approximate surface area is 162 Å². The summed E-state index contributed by atoms with van der Waals surface area (Å²) in [5.41, 5.74) is 3.72. The summed E-state index contributed by atoms with van der Waals surface area (Å²) in [6.07, 6.45) is 1.52. The van der Waals surface area contributed by atoms with Crippen LogP contribution in [0.4, 0.5) is 0 Å². The summed E-state index contributed by atoms with van der Waals surface area (Å²) >= 11 is 0. The second-order valence-corrected chi connectivity index (χ2v) is 6.91. The Hall–Kier alpha value is -3.34. The average molecular weight is 375 g/mol. The van der Waals surface area contributed by atoms with Gasteiger partial charge in [0.1, 0.15) is 11.3 Å². The molecule has 0 radical (unpaired) electrons. The highest BCUT2D eigenvalue weighted by Gasteiger charge is 2.09. The zero-order chi connectivity index (χ0) is 19.5. The van der Waals surface area contributed by atoms with Crippen LogP contribution in [0.15, 0.2) is 59.0 Å². The molecule has 0 bridgehead atoms. The van der Waals surface area contributed by atoms with Gasteiger partial charge in [0.2, 0.25) is 5.89 Å². The van der Waals surface area contributed by atoms with Crippen molar-refractivity contribution in [3.05, 3.63) is 60.2 Å². The quantitative estimate of drug-likeness (QED) is 0.426. The van der Waals surface area contributed by atoms with Crippen molar-refractivity contribution in [2.75, 3.05) is 6.61 Å². The van der Waals surface area contributed by atoms with Crippen LogP contribution in [0.1, 0.15) is 24.8 Å². The number of rotatable bonds is 7. The van der Waals surface area contributed by atoms with Gasteiger partial charge in [-0.05, 0) is 72.5 Å². The number of hydrogen-bond donors (Lipinski definition) is 1. The maximum atomic E-state index is 10.5. The van der Waals surface area contributed by atoms with E-state index < -0.39 is 5.97 Å². The summed E-state index contributed by atoms with van der Waals surface area (Å²) in [4.78, 5) is 15.1. The summed E-state index contributed by atoms with van der Waals surface area (Å²) < 4.78 is 11.7. The zero-order valence-electron chi connectivity index (χ0n) is 15.6. The third-order valence-corrected chi connectivity index (χ3v) is 4.66. The number of aromatic nitrogens is 1. The first-order chi connectivity index (χ1) is 13.6. The van der Waals surface area contributed by atoms with E-state index in [4.69, 9.17) is 14.3 Å². The van der Waals surface area contributed by atoms with E-state index in [-0.39, 0.29) is 6.42 Å². The van der Waals surface area contributed by atoms with Crippen LogP contribution in [0, 0.1) is 6.92 Å². The molecule has 0 atom stereocenters. The molecule has 0 saturated carbocycles. The summed E-state index contributed by atoms with van der Waals surface area (Å²) in [6.45, 7) is 2.54. The van der Waals surface area contributed by atoms with Crippen LogP contribution in [0.25, 0.3) is 33.3 Å². The number of unbranched alkanes of at least 4 members (excludes halogenated alkanes) is 1. The second kappa shape index (κ2) is 7.72. The number of carboxylic acid groups (broad SMARTS) is 1. The fourth-order valence-corrected chi connectivity index (χ4v) is 3.17. The Morgan fingerprint density at radius 1 is 1.04 bits per heavy atom. The van der Waals surface area contributed by atoms with Crippen molar-refractivity contribution in [2.45, 2.75) is 26.2 Å². The predicted octanol–water partition coefficient (Wildman–Crippen LogP) is 5.59. The molecule has 1 N–H and O–H groups in total. The zero-order valence-corrected chi connectivity index (χ0v) is 15.6. The van der Waals surface area contributed by atoms with Gasteiger partial charge in [-0.2, -0.15) is 0 Å². The molecule has 0 spiro atoms. The van der Waals surface area contributed by atoms with E-state index >= 15 is 0 Å². The number of hydrogen-bond acceptors (Lipinski definition) is 4. The first kappa shape index (κ1) is 18.0. The van der Waals surface area contributed by atoms with E-state index in [1.54, 1.807) is 0 Å². The van der Waals surface area contributed by atoms with Gasteiger partial charge in [0.25, 0.3) is 0 Å². The molecule has 1 aromatic heterocycles. The highest BCUT2D eigenvalue weighted by atomic mass is 16.5. The SMILES string of the molecule is Cc1ccc2nc(-c3ccc4cc(OCCCCC(=O)O)ccc4c3)oc2c1. The minimum absolute atomic E-state index is 0.180. The van der Waals surface area contributed by atoms with Gasteiger partial charge in [-0.15, -0.1) is 0 Å². The third kappa shape index (κ3) is 3.98. The summed E-state index contributed by atoms with van der Waals surface area (Å²) in [5, 5.41) is 10.8. The predicted molar refractivity (Wildman–Crippen MR) is 109 cm³/mol. The Bertz CT molecular complexity index is 1150. The Kier molecular flexibility index (Phi) is 4.98. The molecule has 1 heterocycles. The van der Waals surface area contributed by atoms with Gasteiger partial charge in [-0.25, -0.2) is 4.98 Å². The number of nitrogens with zero attached hydrogens (tertiary/aromatic N) is 1. The summed E-state index contributed by atoms with van der Waals surface area (Å²) in [7, 11) is 0. The number of ether oxygens (including phenoxy) is 1. The van der Waals surface area contributed by atoms with E-state index in [1.165, 1.54) is 0 Å². The van der Waals surface area contributed by atoms with Crippen LogP contribution < -0.4 is 4.74 Å². The number of benzene rings is 3. The van der Waals surface area contributed by atoms with Crippen molar-refractivity contribution in [3.63, 3.8) is 0 Å². The van der Waals surface area contributed by atoms with Gasteiger partial charge in [0.05, 0.1) is 6.61 Å². The lowest BCUT2D eigenvalue weighted by atomic mass is 10.1. The smallest absolute Gasteiger partial charge is 0.303 e. The van der Waals surface area contributed by atoms with Gasteiger partial charge in [-0.3, -0.25) is 4.79 Å². The van der Waals surface area contributed by atoms with Crippen LogP contribution in [0.5, 0.6) is 5.75 Å². The van der Waals surface area contributed by atoms with Crippen molar-refractivity contribution < 1.29 is 19.1 Å². The van der Waals surface area contributed by atoms with Crippen molar-refractivity contribution >= 4 is 27.8 Å². The number of carboxylic acids is 1. The van der Waals surface area contributed by atoms with Crippen molar-refractivity contribution in [3.8, 4) is 17.2 Å². The normalized spacial score (nSPS) is 11.2. The van der Waals surface area contributed by atoms with Crippen LogP contribution in [0.2, 0.25) is 0 Å². The van der Waals surface area contributed by atoms with Crippen LogP contribution in [-0.2, 0) is 4.79 Å². The van der Waals surface area contributed by atoms with Crippen molar-refractivity contribution in [1.29, 1.82) is 0 Å². The first-order valence-electron chi connectivity index (χ1n) is 9.34. The number of aliphatic carboxylic acids is 1. The molecule has 0 unspecified atom stereocenters.